The van der Waals surface area contributed by atoms with Crippen LogP contribution in [0, 0.1) is 5.92 Å². The van der Waals surface area contributed by atoms with Crippen LogP contribution in [0.15, 0.2) is 24.4 Å². The molecule has 0 saturated carbocycles. The van der Waals surface area contributed by atoms with Gasteiger partial charge in [-0.3, -0.25) is 4.79 Å². The van der Waals surface area contributed by atoms with Crippen molar-refractivity contribution in [1.82, 2.24) is 9.88 Å². The maximum Gasteiger partial charge on any atom is 0.306 e. The number of aromatic amines is 1. The fourth-order valence-electron chi connectivity index (χ4n) is 3.89. The smallest absolute Gasteiger partial charge is 0.306 e. The SMILES string of the molecule is CCC(CCCOc1ccc2[nH]cc(C3CCN(C)CC3)c2c1)C(=O)O. The molecule has 2 N–H and O–H groups in total. The second-order valence-electron chi connectivity index (χ2n) is 7.46. The van der Waals surface area contributed by atoms with Gasteiger partial charge in [0.05, 0.1) is 12.5 Å². The molecular weight excluding hydrogens is 328 g/mol. The molecule has 1 aromatic carbocycles. The Morgan fingerprint density at radius 2 is 2.15 bits per heavy atom. The summed E-state index contributed by atoms with van der Waals surface area (Å²) in [6, 6.07) is 6.20. The summed E-state index contributed by atoms with van der Waals surface area (Å²) >= 11 is 0. The number of hydrogen-bond donors (Lipinski definition) is 2. The normalized spacial score (nSPS) is 17.5. The Labute approximate surface area is 155 Å². The van der Waals surface area contributed by atoms with Crippen LogP contribution in [0.25, 0.3) is 10.9 Å². The van der Waals surface area contributed by atoms with Crippen LogP contribution in [-0.2, 0) is 4.79 Å². The standard InChI is InChI=1S/C21H30N2O3/c1-3-15(21(24)25)5-4-12-26-17-6-7-20-18(13-17)19(14-22-20)16-8-10-23(2)11-9-16/h6-7,13-16,22H,3-5,8-12H2,1-2H3,(H,24,25). The summed E-state index contributed by atoms with van der Waals surface area (Å²) in [6.07, 6.45) is 6.65. The van der Waals surface area contributed by atoms with Crippen molar-refractivity contribution in [3.8, 4) is 5.75 Å². The zero-order valence-corrected chi connectivity index (χ0v) is 15.8. The van der Waals surface area contributed by atoms with Crippen molar-refractivity contribution >= 4 is 16.9 Å². The van der Waals surface area contributed by atoms with Crippen LogP contribution in [0.4, 0.5) is 0 Å². The number of carboxylic acid groups (broad SMARTS) is 1. The zero-order chi connectivity index (χ0) is 18.5. The summed E-state index contributed by atoms with van der Waals surface area (Å²) in [5, 5.41) is 10.4. The van der Waals surface area contributed by atoms with Gasteiger partial charge in [0.25, 0.3) is 0 Å². The quantitative estimate of drug-likeness (QED) is 0.693. The van der Waals surface area contributed by atoms with Gasteiger partial charge in [0, 0.05) is 17.1 Å². The number of H-pyrrole nitrogens is 1. The zero-order valence-electron chi connectivity index (χ0n) is 15.8. The molecule has 5 heteroatoms. The molecule has 0 aliphatic carbocycles. The van der Waals surface area contributed by atoms with Crippen LogP contribution in [0.1, 0.15) is 50.5 Å². The van der Waals surface area contributed by atoms with E-state index in [0.29, 0.717) is 25.4 Å². The van der Waals surface area contributed by atoms with E-state index in [-0.39, 0.29) is 5.92 Å². The number of ether oxygens (including phenoxy) is 1. The van der Waals surface area contributed by atoms with Crippen molar-refractivity contribution in [2.75, 3.05) is 26.7 Å². The van der Waals surface area contributed by atoms with Gasteiger partial charge in [-0.25, -0.2) is 0 Å². The third kappa shape index (κ3) is 4.39. The van der Waals surface area contributed by atoms with Gasteiger partial charge in [0.15, 0.2) is 0 Å². The number of nitrogens with zero attached hydrogens (tertiary/aromatic N) is 1. The molecular formula is C21H30N2O3. The van der Waals surface area contributed by atoms with Gasteiger partial charge in [-0.1, -0.05) is 6.92 Å². The number of nitrogens with one attached hydrogen (secondary N) is 1. The van der Waals surface area contributed by atoms with Crippen LogP contribution in [0.2, 0.25) is 0 Å². The average molecular weight is 358 g/mol. The van der Waals surface area contributed by atoms with Crippen molar-refractivity contribution in [1.29, 1.82) is 0 Å². The second kappa shape index (κ2) is 8.58. The number of benzene rings is 1. The van der Waals surface area contributed by atoms with E-state index in [1.807, 2.05) is 13.0 Å². The van der Waals surface area contributed by atoms with Crippen LogP contribution in [0.3, 0.4) is 0 Å². The van der Waals surface area contributed by atoms with E-state index in [2.05, 4.69) is 35.3 Å². The van der Waals surface area contributed by atoms with Crippen LogP contribution < -0.4 is 4.74 Å². The number of aromatic nitrogens is 1. The number of hydrogen-bond acceptors (Lipinski definition) is 3. The first-order chi connectivity index (χ1) is 12.6. The summed E-state index contributed by atoms with van der Waals surface area (Å²) < 4.78 is 5.90. The molecule has 1 fully saturated rings. The molecule has 1 atom stereocenters. The van der Waals surface area contributed by atoms with E-state index in [9.17, 15) is 4.79 Å². The highest BCUT2D eigenvalue weighted by molar-refractivity contribution is 5.85. The minimum Gasteiger partial charge on any atom is -0.494 e. The highest BCUT2D eigenvalue weighted by atomic mass is 16.5. The van der Waals surface area contributed by atoms with E-state index in [0.717, 1.165) is 30.8 Å². The molecule has 0 radical (unpaired) electrons. The summed E-state index contributed by atoms with van der Waals surface area (Å²) in [7, 11) is 2.19. The van der Waals surface area contributed by atoms with Gasteiger partial charge >= 0.3 is 5.97 Å². The predicted octanol–water partition coefficient (Wildman–Crippen LogP) is 4.25. The molecule has 0 spiro atoms. The maximum atomic E-state index is 11.1. The van der Waals surface area contributed by atoms with Gasteiger partial charge in [0.2, 0.25) is 0 Å². The minimum absolute atomic E-state index is 0.262. The third-order valence-corrected chi connectivity index (χ3v) is 5.65. The molecule has 142 valence electrons. The molecule has 0 amide bonds. The monoisotopic (exact) mass is 358 g/mol. The lowest BCUT2D eigenvalue weighted by Crippen LogP contribution is -2.29. The highest BCUT2D eigenvalue weighted by Crippen LogP contribution is 2.34. The van der Waals surface area contributed by atoms with E-state index in [1.54, 1.807) is 0 Å². The number of carboxylic acids is 1. The first-order valence-corrected chi connectivity index (χ1v) is 9.73. The maximum absolute atomic E-state index is 11.1. The lowest BCUT2D eigenvalue weighted by Gasteiger charge is -2.28. The second-order valence-corrected chi connectivity index (χ2v) is 7.46. The Balaban J connectivity index is 1.61. The number of rotatable bonds is 8. The third-order valence-electron chi connectivity index (χ3n) is 5.65. The molecule has 2 heterocycles. The van der Waals surface area contributed by atoms with E-state index in [1.165, 1.54) is 23.8 Å². The van der Waals surface area contributed by atoms with Crippen molar-refractivity contribution < 1.29 is 14.6 Å². The average Bonchev–Trinajstić information content (AvgIpc) is 3.05. The van der Waals surface area contributed by atoms with Gasteiger partial charge in [-0.2, -0.15) is 0 Å². The van der Waals surface area contributed by atoms with Crippen molar-refractivity contribution in [2.24, 2.45) is 5.92 Å². The van der Waals surface area contributed by atoms with Crippen molar-refractivity contribution in [3.05, 3.63) is 30.0 Å². The molecule has 1 aliphatic heterocycles. The number of likely N-dealkylation sites (tertiary alicyclic amines) is 1. The molecule has 2 aromatic rings. The Hall–Kier alpha value is -2.01. The lowest BCUT2D eigenvalue weighted by atomic mass is 9.89. The fraction of sp³-hybridized carbons (Fsp3) is 0.571. The molecule has 3 rings (SSSR count). The summed E-state index contributed by atoms with van der Waals surface area (Å²) in [5.41, 5.74) is 2.55. The number of fused-ring (bicyclic) bond motifs is 1. The highest BCUT2D eigenvalue weighted by Gasteiger charge is 2.21. The van der Waals surface area contributed by atoms with Gasteiger partial charge in [0.1, 0.15) is 5.75 Å². The van der Waals surface area contributed by atoms with Gasteiger partial charge in [-0.15, -0.1) is 0 Å². The van der Waals surface area contributed by atoms with Crippen LogP contribution in [-0.4, -0.2) is 47.7 Å². The fourth-order valence-corrected chi connectivity index (χ4v) is 3.89. The lowest BCUT2D eigenvalue weighted by molar-refractivity contribution is -0.142. The Morgan fingerprint density at radius 1 is 1.38 bits per heavy atom. The van der Waals surface area contributed by atoms with Crippen molar-refractivity contribution in [3.63, 3.8) is 0 Å². The largest absolute Gasteiger partial charge is 0.494 e. The van der Waals surface area contributed by atoms with E-state index < -0.39 is 5.97 Å². The number of piperidine rings is 1. The van der Waals surface area contributed by atoms with Gasteiger partial charge < -0.3 is 19.7 Å². The molecule has 1 unspecified atom stereocenters. The predicted molar refractivity (Wildman–Crippen MR) is 104 cm³/mol. The first-order valence-electron chi connectivity index (χ1n) is 9.73. The molecule has 1 aliphatic rings. The molecule has 26 heavy (non-hydrogen) atoms. The molecule has 1 saturated heterocycles. The van der Waals surface area contributed by atoms with E-state index >= 15 is 0 Å². The molecule has 1 aromatic heterocycles. The minimum atomic E-state index is -0.705. The van der Waals surface area contributed by atoms with Gasteiger partial charge in [-0.05, 0) is 81.9 Å². The Kier molecular flexibility index (Phi) is 6.20. The Morgan fingerprint density at radius 3 is 2.85 bits per heavy atom. The van der Waals surface area contributed by atoms with Crippen LogP contribution in [0.5, 0.6) is 5.75 Å². The summed E-state index contributed by atoms with van der Waals surface area (Å²) in [5.74, 6) is 0.511. The van der Waals surface area contributed by atoms with E-state index in [4.69, 9.17) is 9.84 Å². The Bertz CT molecular complexity index is 732. The number of carbonyl (C=O) groups is 1. The molecule has 0 bridgehead atoms. The topological polar surface area (TPSA) is 65.6 Å². The summed E-state index contributed by atoms with van der Waals surface area (Å²) in [6.45, 7) is 4.78. The first kappa shape index (κ1) is 18.8. The summed E-state index contributed by atoms with van der Waals surface area (Å²) in [4.78, 5) is 16.9. The van der Waals surface area contributed by atoms with Crippen LogP contribution >= 0.6 is 0 Å². The van der Waals surface area contributed by atoms with Crippen molar-refractivity contribution in [2.45, 2.75) is 44.9 Å². The number of aliphatic carboxylic acids is 1. The molecule has 5 nitrogen and oxygen atoms in total.